The first kappa shape index (κ1) is 18.8. The van der Waals surface area contributed by atoms with Crippen molar-refractivity contribution in [1.82, 2.24) is 0 Å². The maximum atomic E-state index is 10.3. The van der Waals surface area contributed by atoms with Crippen LogP contribution in [0.2, 0.25) is 0 Å². The molecule has 2 fully saturated rings. The van der Waals surface area contributed by atoms with Gasteiger partial charge in [0.2, 0.25) is 0 Å². The molecule has 1 aromatic carbocycles. The molecule has 2 N–H and O–H groups in total. The van der Waals surface area contributed by atoms with E-state index in [2.05, 4.69) is 24.3 Å². The van der Waals surface area contributed by atoms with E-state index in [-0.39, 0.29) is 5.41 Å². The number of aromatic hydroxyl groups is 1. The van der Waals surface area contributed by atoms with E-state index in [1.165, 1.54) is 68.9 Å². The van der Waals surface area contributed by atoms with Gasteiger partial charge >= 0.3 is 0 Å². The number of phenols is 1. The highest BCUT2D eigenvalue weighted by atomic mass is 16.3. The summed E-state index contributed by atoms with van der Waals surface area (Å²) in [5, 5.41) is 20.1. The number of hydrogen-bond donors (Lipinski definition) is 2. The highest BCUT2D eigenvalue weighted by molar-refractivity contribution is 5.46. The predicted molar refractivity (Wildman–Crippen MR) is 111 cm³/mol. The molecule has 2 heteroatoms. The SMILES string of the molecule is CC1(O)C=CC(C2(c3ccc(O)cc3)CCC(C3CCCCC3)CC2)=CC1. The van der Waals surface area contributed by atoms with Crippen molar-refractivity contribution in [3.8, 4) is 5.75 Å². The van der Waals surface area contributed by atoms with Gasteiger partial charge in [0.25, 0.3) is 0 Å². The van der Waals surface area contributed by atoms with Crippen molar-refractivity contribution in [1.29, 1.82) is 0 Å². The molecule has 27 heavy (non-hydrogen) atoms. The fourth-order valence-corrected chi connectivity index (χ4v) is 5.81. The van der Waals surface area contributed by atoms with Crippen molar-refractivity contribution >= 4 is 0 Å². The summed E-state index contributed by atoms with van der Waals surface area (Å²) in [5.41, 5.74) is 1.99. The minimum atomic E-state index is -0.723. The smallest absolute Gasteiger partial charge is 0.115 e. The average Bonchev–Trinajstić information content (AvgIpc) is 2.69. The Hall–Kier alpha value is -1.54. The van der Waals surface area contributed by atoms with Gasteiger partial charge in [-0.2, -0.15) is 0 Å². The molecule has 2 saturated carbocycles. The number of rotatable bonds is 3. The lowest BCUT2D eigenvalue weighted by Gasteiger charge is -2.45. The van der Waals surface area contributed by atoms with E-state index in [0.29, 0.717) is 12.2 Å². The van der Waals surface area contributed by atoms with E-state index in [0.717, 1.165) is 11.8 Å². The predicted octanol–water partition coefficient (Wildman–Crippen LogP) is 6.04. The summed E-state index contributed by atoms with van der Waals surface area (Å²) in [7, 11) is 0. The number of hydrogen-bond acceptors (Lipinski definition) is 2. The standard InChI is InChI=1S/C25H34O2/c1-24(27)15-13-22(14-16-24)25(21-7-9-23(26)10-8-21)17-11-20(12-18-25)19-5-3-2-4-6-19/h7-10,13-15,19-20,26-27H,2-6,11-12,16-18H2,1H3. The minimum absolute atomic E-state index is 0.0336. The van der Waals surface area contributed by atoms with Crippen LogP contribution in [0.3, 0.4) is 0 Å². The van der Waals surface area contributed by atoms with Crippen LogP contribution in [-0.2, 0) is 5.41 Å². The summed E-state index contributed by atoms with van der Waals surface area (Å²) in [6, 6.07) is 7.87. The first-order valence-electron chi connectivity index (χ1n) is 10.9. The fourth-order valence-electron chi connectivity index (χ4n) is 5.81. The van der Waals surface area contributed by atoms with Gasteiger partial charge in [0, 0.05) is 5.41 Å². The summed E-state index contributed by atoms with van der Waals surface area (Å²) in [4.78, 5) is 0. The molecule has 0 saturated heterocycles. The Morgan fingerprint density at radius 2 is 1.52 bits per heavy atom. The fraction of sp³-hybridized carbons (Fsp3) is 0.600. The molecule has 0 amide bonds. The molecule has 0 bridgehead atoms. The molecule has 0 aliphatic heterocycles. The van der Waals surface area contributed by atoms with Crippen LogP contribution in [0.15, 0.2) is 48.1 Å². The largest absolute Gasteiger partial charge is 0.508 e. The molecule has 146 valence electrons. The first-order valence-corrected chi connectivity index (χ1v) is 10.9. The van der Waals surface area contributed by atoms with Crippen LogP contribution in [-0.4, -0.2) is 15.8 Å². The quantitative estimate of drug-likeness (QED) is 0.685. The number of benzene rings is 1. The highest BCUT2D eigenvalue weighted by Gasteiger charge is 2.41. The van der Waals surface area contributed by atoms with E-state index >= 15 is 0 Å². The second kappa shape index (κ2) is 7.47. The first-order chi connectivity index (χ1) is 13.0. The van der Waals surface area contributed by atoms with Crippen LogP contribution in [0, 0.1) is 11.8 Å². The third-order valence-corrected chi connectivity index (χ3v) is 7.53. The molecule has 0 aromatic heterocycles. The summed E-state index contributed by atoms with van der Waals surface area (Å²) >= 11 is 0. The number of aliphatic hydroxyl groups is 1. The zero-order valence-corrected chi connectivity index (χ0v) is 16.7. The van der Waals surface area contributed by atoms with Crippen molar-refractivity contribution in [3.05, 3.63) is 53.6 Å². The van der Waals surface area contributed by atoms with Gasteiger partial charge in [0.1, 0.15) is 5.75 Å². The molecule has 3 aliphatic carbocycles. The maximum absolute atomic E-state index is 10.3. The van der Waals surface area contributed by atoms with Gasteiger partial charge in [-0.15, -0.1) is 0 Å². The van der Waals surface area contributed by atoms with Crippen LogP contribution in [0.1, 0.15) is 76.7 Å². The van der Waals surface area contributed by atoms with E-state index in [9.17, 15) is 10.2 Å². The highest BCUT2D eigenvalue weighted by Crippen LogP contribution is 2.51. The van der Waals surface area contributed by atoms with Crippen molar-refractivity contribution in [2.24, 2.45) is 11.8 Å². The molecule has 0 spiro atoms. The van der Waals surface area contributed by atoms with Crippen molar-refractivity contribution in [2.75, 3.05) is 0 Å². The Morgan fingerprint density at radius 1 is 0.889 bits per heavy atom. The van der Waals surface area contributed by atoms with E-state index in [1.54, 1.807) is 0 Å². The Labute approximate surface area is 164 Å². The van der Waals surface area contributed by atoms with E-state index < -0.39 is 5.60 Å². The van der Waals surface area contributed by atoms with Crippen molar-refractivity contribution < 1.29 is 10.2 Å². The normalized spacial score (nSPS) is 35.0. The van der Waals surface area contributed by atoms with Gasteiger partial charge in [-0.3, -0.25) is 0 Å². The van der Waals surface area contributed by atoms with Crippen LogP contribution in [0.4, 0.5) is 0 Å². The lowest BCUT2D eigenvalue weighted by atomic mass is 9.59. The van der Waals surface area contributed by atoms with Crippen LogP contribution < -0.4 is 0 Å². The lowest BCUT2D eigenvalue weighted by molar-refractivity contribution is 0.112. The molecular formula is C25H34O2. The molecule has 1 unspecified atom stereocenters. The molecular weight excluding hydrogens is 332 g/mol. The number of phenolic OH excluding ortho intramolecular Hbond substituents is 1. The molecule has 0 radical (unpaired) electrons. The van der Waals surface area contributed by atoms with Gasteiger partial charge < -0.3 is 10.2 Å². The minimum Gasteiger partial charge on any atom is -0.508 e. The Morgan fingerprint density at radius 3 is 2.11 bits per heavy atom. The van der Waals surface area contributed by atoms with E-state index in [4.69, 9.17) is 0 Å². The summed E-state index contributed by atoms with van der Waals surface area (Å²) < 4.78 is 0. The topological polar surface area (TPSA) is 40.5 Å². The van der Waals surface area contributed by atoms with E-state index in [1.807, 2.05) is 25.1 Å². The molecule has 1 aromatic rings. The van der Waals surface area contributed by atoms with Crippen LogP contribution >= 0.6 is 0 Å². The maximum Gasteiger partial charge on any atom is 0.115 e. The average molecular weight is 367 g/mol. The Kier molecular flexibility index (Phi) is 5.20. The molecule has 1 atom stereocenters. The van der Waals surface area contributed by atoms with Gasteiger partial charge in [-0.1, -0.05) is 62.5 Å². The van der Waals surface area contributed by atoms with Gasteiger partial charge in [-0.25, -0.2) is 0 Å². The second-order valence-corrected chi connectivity index (χ2v) is 9.42. The van der Waals surface area contributed by atoms with Gasteiger partial charge in [0.05, 0.1) is 5.60 Å². The summed E-state index contributed by atoms with van der Waals surface area (Å²) in [6.45, 7) is 1.88. The Bertz CT molecular complexity index is 696. The van der Waals surface area contributed by atoms with Crippen LogP contribution in [0.5, 0.6) is 5.75 Å². The number of allylic oxidation sites excluding steroid dienone is 2. The van der Waals surface area contributed by atoms with Crippen molar-refractivity contribution in [2.45, 2.75) is 82.1 Å². The zero-order valence-electron chi connectivity index (χ0n) is 16.7. The third kappa shape index (κ3) is 3.87. The lowest BCUT2D eigenvalue weighted by Crippen LogP contribution is -2.37. The Balaban J connectivity index is 1.60. The van der Waals surface area contributed by atoms with Crippen LogP contribution in [0.25, 0.3) is 0 Å². The van der Waals surface area contributed by atoms with Gasteiger partial charge in [-0.05, 0) is 74.1 Å². The van der Waals surface area contributed by atoms with Crippen molar-refractivity contribution in [3.63, 3.8) is 0 Å². The zero-order chi connectivity index (χ0) is 18.9. The molecule has 4 rings (SSSR count). The molecule has 2 nitrogen and oxygen atoms in total. The second-order valence-electron chi connectivity index (χ2n) is 9.42. The summed E-state index contributed by atoms with van der Waals surface area (Å²) in [6.07, 6.45) is 19.2. The molecule has 3 aliphatic rings. The van der Waals surface area contributed by atoms with Gasteiger partial charge in [0.15, 0.2) is 0 Å². The third-order valence-electron chi connectivity index (χ3n) is 7.53. The monoisotopic (exact) mass is 366 g/mol. The summed E-state index contributed by atoms with van der Waals surface area (Å²) in [5.74, 6) is 2.15. The molecule has 0 heterocycles.